The number of carbonyl (C=O) groups excluding carboxylic acids is 3. The van der Waals surface area contributed by atoms with Gasteiger partial charge in [0.15, 0.2) is 0 Å². The fourth-order valence-electron chi connectivity index (χ4n) is 5.60. The summed E-state index contributed by atoms with van der Waals surface area (Å²) in [6.07, 6.45) is 5.33. The van der Waals surface area contributed by atoms with E-state index in [1.165, 1.54) is 4.90 Å². The normalized spacial score (nSPS) is 29.2. The molecule has 0 unspecified atom stereocenters. The lowest BCUT2D eigenvalue weighted by atomic mass is 9.52. The van der Waals surface area contributed by atoms with Gasteiger partial charge in [0.25, 0.3) is 11.8 Å². The zero-order valence-electron chi connectivity index (χ0n) is 18.6. The van der Waals surface area contributed by atoms with Crippen LogP contribution in [0.3, 0.4) is 0 Å². The molecule has 3 aliphatic rings. The number of nitrogens with one attached hydrogen (secondary N) is 1. The number of amides is 4. The van der Waals surface area contributed by atoms with Crippen molar-refractivity contribution in [2.24, 2.45) is 11.1 Å². The van der Waals surface area contributed by atoms with Crippen LogP contribution in [-0.4, -0.2) is 45.9 Å². The zero-order valence-corrected chi connectivity index (χ0v) is 18.6. The Morgan fingerprint density at radius 2 is 1.91 bits per heavy atom. The number of nitrogens with zero attached hydrogens (tertiary/aromatic N) is 2. The van der Waals surface area contributed by atoms with E-state index in [1.54, 1.807) is 18.3 Å². The SMILES string of the molecule is C[C@H](C[C@H]1NC(=O)N(C2CC3(CC(Oc4ncccc4C(N)=O)C3)C2)C1=O)c1ccccc1. The van der Waals surface area contributed by atoms with E-state index in [-0.39, 0.29) is 46.9 Å². The van der Waals surface area contributed by atoms with Gasteiger partial charge in [-0.25, -0.2) is 9.78 Å². The van der Waals surface area contributed by atoms with Gasteiger partial charge in [-0.3, -0.25) is 14.5 Å². The minimum absolute atomic E-state index is 0.0403. The molecule has 3 fully saturated rings. The lowest BCUT2D eigenvalue weighted by molar-refractivity contribution is -0.141. The van der Waals surface area contributed by atoms with Crippen LogP contribution in [0.25, 0.3) is 0 Å². The topological polar surface area (TPSA) is 115 Å². The average Bonchev–Trinajstić information content (AvgIpc) is 3.02. The molecule has 5 rings (SSSR count). The molecule has 8 heteroatoms. The highest BCUT2D eigenvalue weighted by molar-refractivity contribution is 6.04. The minimum Gasteiger partial charge on any atom is -0.474 e. The van der Waals surface area contributed by atoms with Crippen LogP contribution in [0.4, 0.5) is 4.79 Å². The molecule has 2 atom stereocenters. The van der Waals surface area contributed by atoms with Crippen molar-refractivity contribution in [1.82, 2.24) is 15.2 Å². The van der Waals surface area contributed by atoms with Gasteiger partial charge in [0.05, 0.1) is 0 Å². The quantitative estimate of drug-likeness (QED) is 0.632. The summed E-state index contributed by atoms with van der Waals surface area (Å²) in [6.45, 7) is 2.08. The second kappa shape index (κ2) is 8.17. The Bertz CT molecular complexity index is 1070. The Morgan fingerprint density at radius 3 is 2.61 bits per heavy atom. The van der Waals surface area contributed by atoms with E-state index in [4.69, 9.17) is 10.5 Å². The van der Waals surface area contributed by atoms with Crippen molar-refractivity contribution in [3.63, 3.8) is 0 Å². The summed E-state index contributed by atoms with van der Waals surface area (Å²) in [5.41, 5.74) is 6.92. The molecule has 8 nitrogen and oxygen atoms in total. The maximum Gasteiger partial charge on any atom is 0.325 e. The van der Waals surface area contributed by atoms with E-state index in [1.807, 2.05) is 30.3 Å². The maximum absolute atomic E-state index is 13.0. The van der Waals surface area contributed by atoms with Crippen LogP contribution < -0.4 is 15.8 Å². The molecule has 3 N–H and O–H groups in total. The number of nitrogens with two attached hydrogens (primary N) is 1. The third kappa shape index (κ3) is 3.94. The number of hydrogen-bond acceptors (Lipinski definition) is 5. The molecular formula is C25H28N4O4. The maximum atomic E-state index is 13.0. The van der Waals surface area contributed by atoms with Crippen LogP contribution in [0.5, 0.6) is 5.88 Å². The molecule has 1 saturated heterocycles. The minimum atomic E-state index is -0.564. The van der Waals surface area contributed by atoms with E-state index in [0.29, 0.717) is 6.42 Å². The van der Waals surface area contributed by atoms with Gasteiger partial charge in [-0.1, -0.05) is 37.3 Å². The molecule has 0 bridgehead atoms. The Balaban J connectivity index is 1.14. The molecule has 4 amide bonds. The Morgan fingerprint density at radius 1 is 1.18 bits per heavy atom. The first-order valence-corrected chi connectivity index (χ1v) is 11.5. The molecule has 1 aliphatic heterocycles. The van der Waals surface area contributed by atoms with Gasteiger partial charge in [-0.05, 0) is 61.1 Å². The number of primary amides is 1. The van der Waals surface area contributed by atoms with E-state index in [0.717, 1.165) is 31.2 Å². The first kappa shape index (κ1) is 21.4. The summed E-state index contributed by atoms with van der Waals surface area (Å²) in [5, 5.41) is 2.89. The molecule has 0 radical (unpaired) electrons. The number of benzene rings is 1. The average molecular weight is 449 g/mol. The number of urea groups is 1. The molecule has 1 aromatic carbocycles. The van der Waals surface area contributed by atoms with Gasteiger partial charge in [0.1, 0.15) is 17.7 Å². The fraction of sp³-hybridized carbons (Fsp3) is 0.440. The zero-order chi connectivity index (χ0) is 23.2. The first-order valence-electron chi connectivity index (χ1n) is 11.5. The third-order valence-electron chi connectivity index (χ3n) is 7.35. The van der Waals surface area contributed by atoms with E-state index < -0.39 is 11.9 Å². The predicted molar refractivity (Wildman–Crippen MR) is 120 cm³/mol. The lowest BCUT2D eigenvalue weighted by Gasteiger charge is -2.58. The Hall–Kier alpha value is -3.42. The van der Waals surface area contributed by atoms with Crippen LogP contribution >= 0.6 is 0 Å². The summed E-state index contributed by atoms with van der Waals surface area (Å²) in [7, 11) is 0. The molecule has 2 heterocycles. The van der Waals surface area contributed by atoms with E-state index >= 15 is 0 Å². The van der Waals surface area contributed by atoms with Crippen molar-refractivity contribution in [3.8, 4) is 5.88 Å². The summed E-state index contributed by atoms with van der Waals surface area (Å²) >= 11 is 0. The van der Waals surface area contributed by atoms with Crippen LogP contribution in [0.15, 0.2) is 48.7 Å². The molecule has 172 valence electrons. The second-order valence-corrected chi connectivity index (χ2v) is 9.69. The Kier molecular flexibility index (Phi) is 5.31. The standard InChI is InChI=1S/C25H28N4O4/c1-15(16-6-3-2-4-7-16)10-20-23(31)29(24(32)28-20)17-11-25(12-17)13-18(14-25)33-22-19(21(26)30)8-5-9-27-22/h2-9,15,17-18,20H,10-14H2,1H3,(H2,26,30)(H,28,32)/t15-,17?,18?,20-,25?/m1/s1. The van der Waals surface area contributed by atoms with Crippen LogP contribution in [0.1, 0.15) is 60.9 Å². The van der Waals surface area contributed by atoms with Crippen LogP contribution in [0, 0.1) is 5.41 Å². The highest BCUT2D eigenvalue weighted by Gasteiger charge is 2.58. The molecule has 2 aliphatic carbocycles. The number of carbonyl (C=O) groups is 3. The summed E-state index contributed by atoms with van der Waals surface area (Å²) in [5.74, 6) is -0.236. The van der Waals surface area contributed by atoms with Crippen molar-refractivity contribution >= 4 is 17.8 Å². The van der Waals surface area contributed by atoms with Gasteiger partial charge in [-0.2, -0.15) is 0 Å². The van der Waals surface area contributed by atoms with Crippen molar-refractivity contribution < 1.29 is 19.1 Å². The monoisotopic (exact) mass is 448 g/mol. The first-order chi connectivity index (χ1) is 15.8. The predicted octanol–water partition coefficient (Wildman–Crippen LogP) is 2.98. The molecule has 2 aromatic rings. The summed E-state index contributed by atoms with van der Waals surface area (Å²) in [6, 6.07) is 12.5. The third-order valence-corrected chi connectivity index (χ3v) is 7.35. The molecule has 1 aromatic heterocycles. The van der Waals surface area contributed by atoms with Crippen molar-refractivity contribution in [3.05, 3.63) is 59.8 Å². The van der Waals surface area contributed by atoms with Crippen molar-refractivity contribution in [2.45, 2.75) is 63.1 Å². The number of aromatic nitrogens is 1. The molecular weight excluding hydrogens is 420 g/mol. The lowest BCUT2D eigenvalue weighted by Crippen LogP contribution is -2.60. The second-order valence-electron chi connectivity index (χ2n) is 9.69. The van der Waals surface area contributed by atoms with Gasteiger partial charge >= 0.3 is 6.03 Å². The van der Waals surface area contributed by atoms with Gasteiger partial charge < -0.3 is 15.8 Å². The summed E-state index contributed by atoms with van der Waals surface area (Å²) < 4.78 is 5.91. The fourth-order valence-corrected chi connectivity index (χ4v) is 5.60. The number of ether oxygens (including phenoxy) is 1. The van der Waals surface area contributed by atoms with Gasteiger partial charge in [-0.15, -0.1) is 0 Å². The van der Waals surface area contributed by atoms with Gasteiger partial charge in [0.2, 0.25) is 5.88 Å². The number of hydrogen-bond donors (Lipinski definition) is 2. The van der Waals surface area contributed by atoms with Gasteiger partial charge in [0, 0.05) is 12.2 Å². The van der Waals surface area contributed by atoms with E-state index in [9.17, 15) is 14.4 Å². The Labute approximate surface area is 192 Å². The van der Waals surface area contributed by atoms with Crippen LogP contribution in [-0.2, 0) is 4.79 Å². The highest BCUT2D eigenvalue weighted by atomic mass is 16.5. The number of pyridine rings is 1. The van der Waals surface area contributed by atoms with Crippen LogP contribution in [0.2, 0.25) is 0 Å². The number of rotatable bonds is 7. The molecule has 33 heavy (non-hydrogen) atoms. The molecule has 1 spiro atoms. The molecule has 2 saturated carbocycles. The smallest absolute Gasteiger partial charge is 0.325 e. The van der Waals surface area contributed by atoms with Crippen molar-refractivity contribution in [2.75, 3.05) is 0 Å². The van der Waals surface area contributed by atoms with Crippen molar-refractivity contribution in [1.29, 1.82) is 0 Å². The largest absolute Gasteiger partial charge is 0.474 e. The number of imide groups is 1. The van der Waals surface area contributed by atoms with E-state index in [2.05, 4.69) is 17.2 Å². The highest BCUT2D eigenvalue weighted by Crippen LogP contribution is 2.58. The summed E-state index contributed by atoms with van der Waals surface area (Å²) in [4.78, 5) is 42.7.